The Hall–Kier alpha value is -1.56. The molecule has 1 aliphatic rings. The number of hydrogen-bond acceptors (Lipinski definition) is 4. The van der Waals surface area contributed by atoms with Gasteiger partial charge in [-0.25, -0.2) is 8.42 Å². The first-order valence-electron chi connectivity index (χ1n) is 6.09. The highest BCUT2D eigenvalue weighted by atomic mass is 32.2. The van der Waals surface area contributed by atoms with Gasteiger partial charge < -0.3 is 10.0 Å². The Labute approximate surface area is 112 Å². The zero-order chi connectivity index (χ0) is 14.2. The predicted molar refractivity (Wildman–Crippen MR) is 72.3 cm³/mol. The molecule has 0 saturated carbocycles. The van der Waals surface area contributed by atoms with Gasteiger partial charge >= 0.3 is 5.97 Å². The van der Waals surface area contributed by atoms with Gasteiger partial charge in [-0.05, 0) is 31.0 Å². The summed E-state index contributed by atoms with van der Waals surface area (Å²) in [5.74, 6) is -0.923. The van der Waals surface area contributed by atoms with Crippen molar-refractivity contribution in [3.05, 3.63) is 23.8 Å². The standard InChI is InChI=1S/C13H17NO4S/c1-9-3-5-11-12(7-9)19(17,18)8-10(14(11)2)4-6-13(15)16/h3,5,7,10H,4,6,8H2,1-2H3,(H,15,16). The van der Waals surface area contributed by atoms with Gasteiger partial charge in [0.2, 0.25) is 0 Å². The van der Waals surface area contributed by atoms with Crippen molar-refractivity contribution >= 4 is 21.5 Å². The van der Waals surface area contributed by atoms with Crippen LogP contribution in [0.3, 0.4) is 0 Å². The Balaban J connectivity index is 2.38. The highest BCUT2D eigenvalue weighted by Crippen LogP contribution is 2.34. The van der Waals surface area contributed by atoms with Crippen LogP contribution in [-0.4, -0.2) is 38.3 Å². The van der Waals surface area contributed by atoms with Crippen LogP contribution in [0.15, 0.2) is 23.1 Å². The zero-order valence-electron chi connectivity index (χ0n) is 11.0. The van der Waals surface area contributed by atoms with Crippen LogP contribution in [-0.2, 0) is 14.6 Å². The smallest absolute Gasteiger partial charge is 0.303 e. The largest absolute Gasteiger partial charge is 0.481 e. The molecule has 104 valence electrons. The summed E-state index contributed by atoms with van der Waals surface area (Å²) >= 11 is 0. The summed E-state index contributed by atoms with van der Waals surface area (Å²) in [5.41, 5.74) is 1.56. The SMILES string of the molecule is Cc1ccc2c(c1)S(=O)(=O)CC(CCC(=O)O)N2C. The lowest BCUT2D eigenvalue weighted by molar-refractivity contribution is -0.137. The first kappa shape index (κ1) is 13.9. The molecule has 0 aliphatic carbocycles. The van der Waals surface area contributed by atoms with E-state index in [-0.39, 0.29) is 18.2 Å². The molecule has 1 unspecified atom stereocenters. The van der Waals surface area contributed by atoms with E-state index in [0.717, 1.165) is 5.56 Å². The maximum Gasteiger partial charge on any atom is 0.303 e. The van der Waals surface area contributed by atoms with E-state index in [1.54, 1.807) is 12.1 Å². The van der Waals surface area contributed by atoms with Gasteiger partial charge in [0.05, 0.1) is 16.3 Å². The molecule has 2 rings (SSSR count). The lowest BCUT2D eigenvalue weighted by Gasteiger charge is -2.35. The minimum Gasteiger partial charge on any atom is -0.481 e. The quantitative estimate of drug-likeness (QED) is 0.908. The van der Waals surface area contributed by atoms with E-state index in [2.05, 4.69) is 0 Å². The van der Waals surface area contributed by atoms with Crippen molar-refractivity contribution in [2.24, 2.45) is 0 Å². The fourth-order valence-electron chi connectivity index (χ4n) is 2.38. The van der Waals surface area contributed by atoms with Crippen molar-refractivity contribution in [3.8, 4) is 0 Å². The summed E-state index contributed by atoms with van der Waals surface area (Å²) in [6, 6.07) is 5.05. The number of carboxylic acids is 1. The summed E-state index contributed by atoms with van der Waals surface area (Å²) in [5, 5.41) is 8.72. The van der Waals surface area contributed by atoms with Crippen molar-refractivity contribution in [2.75, 3.05) is 17.7 Å². The average Bonchev–Trinajstić information content (AvgIpc) is 2.32. The minimum absolute atomic E-state index is 0.0206. The van der Waals surface area contributed by atoms with Crippen LogP contribution >= 0.6 is 0 Å². The van der Waals surface area contributed by atoms with Gasteiger partial charge in [-0.1, -0.05) is 6.07 Å². The molecule has 1 aromatic rings. The Kier molecular flexibility index (Phi) is 3.54. The number of fused-ring (bicyclic) bond motifs is 1. The molecule has 0 fully saturated rings. The van der Waals surface area contributed by atoms with Gasteiger partial charge in [0, 0.05) is 19.5 Å². The lowest BCUT2D eigenvalue weighted by atomic mass is 10.1. The second-order valence-electron chi connectivity index (χ2n) is 4.95. The van der Waals surface area contributed by atoms with Crippen molar-refractivity contribution in [1.29, 1.82) is 0 Å². The molecule has 0 aromatic heterocycles. The maximum absolute atomic E-state index is 12.3. The van der Waals surface area contributed by atoms with Gasteiger partial charge in [-0.2, -0.15) is 0 Å². The first-order chi connectivity index (χ1) is 8.81. The number of carbonyl (C=O) groups is 1. The molecule has 0 bridgehead atoms. The number of nitrogens with zero attached hydrogens (tertiary/aromatic N) is 1. The summed E-state index contributed by atoms with van der Waals surface area (Å²) < 4.78 is 24.5. The van der Waals surface area contributed by atoms with E-state index in [4.69, 9.17) is 5.11 Å². The number of benzene rings is 1. The van der Waals surface area contributed by atoms with E-state index in [1.165, 1.54) is 0 Å². The Bertz CT molecular complexity index is 609. The number of hydrogen-bond donors (Lipinski definition) is 1. The van der Waals surface area contributed by atoms with Crippen LogP contribution in [0.2, 0.25) is 0 Å². The van der Waals surface area contributed by atoms with Crippen LogP contribution in [0.1, 0.15) is 18.4 Å². The third-order valence-electron chi connectivity index (χ3n) is 3.48. The van der Waals surface area contributed by atoms with Crippen molar-refractivity contribution in [3.63, 3.8) is 0 Å². The number of aryl methyl sites for hydroxylation is 1. The normalized spacial score (nSPS) is 20.9. The molecule has 1 N–H and O–H groups in total. The topological polar surface area (TPSA) is 74.7 Å². The van der Waals surface area contributed by atoms with Gasteiger partial charge in [0.15, 0.2) is 9.84 Å². The molecular weight excluding hydrogens is 266 g/mol. The predicted octanol–water partition coefficient (Wildman–Crippen LogP) is 1.45. The number of aliphatic carboxylic acids is 1. The molecule has 19 heavy (non-hydrogen) atoms. The highest BCUT2D eigenvalue weighted by molar-refractivity contribution is 7.91. The third kappa shape index (κ3) is 2.73. The molecule has 1 heterocycles. The third-order valence-corrected chi connectivity index (χ3v) is 5.30. The molecule has 1 aromatic carbocycles. The van der Waals surface area contributed by atoms with E-state index in [1.807, 2.05) is 24.9 Å². The van der Waals surface area contributed by atoms with Crippen LogP contribution < -0.4 is 4.90 Å². The van der Waals surface area contributed by atoms with Gasteiger partial charge in [-0.3, -0.25) is 4.79 Å². The van der Waals surface area contributed by atoms with E-state index >= 15 is 0 Å². The maximum atomic E-state index is 12.3. The van der Waals surface area contributed by atoms with E-state index in [0.29, 0.717) is 17.0 Å². The molecule has 0 radical (unpaired) electrons. The van der Waals surface area contributed by atoms with Crippen molar-refractivity contribution < 1.29 is 18.3 Å². The van der Waals surface area contributed by atoms with Crippen LogP contribution in [0, 0.1) is 6.92 Å². The average molecular weight is 283 g/mol. The molecule has 5 nitrogen and oxygen atoms in total. The second-order valence-corrected chi connectivity index (χ2v) is 6.95. The highest BCUT2D eigenvalue weighted by Gasteiger charge is 2.33. The number of sulfone groups is 1. The molecule has 0 amide bonds. The number of anilines is 1. The van der Waals surface area contributed by atoms with Crippen LogP contribution in [0.25, 0.3) is 0 Å². The fourth-order valence-corrected chi connectivity index (χ4v) is 4.35. The summed E-state index contributed by atoms with van der Waals surface area (Å²) in [6.45, 7) is 1.85. The second kappa shape index (κ2) is 4.85. The van der Waals surface area contributed by atoms with Gasteiger partial charge in [-0.15, -0.1) is 0 Å². The molecule has 1 aliphatic heterocycles. The molecule has 6 heteroatoms. The zero-order valence-corrected chi connectivity index (χ0v) is 11.8. The fraction of sp³-hybridized carbons (Fsp3) is 0.462. The lowest BCUT2D eigenvalue weighted by Crippen LogP contribution is -2.42. The summed E-state index contributed by atoms with van der Waals surface area (Å²) in [4.78, 5) is 12.9. The van der Waals surface area contributed by atoms with Crippen molar-refractivity contribution in [1.82, 2.24) is 0 Å². The first-order valence-corrected chi connectivity index (χ1v) is 7.74. The number of carboxylic acid groups (broad SMARTS) is 1. The molecule has 1 atom stereocenters. The molecule has 0 saturated heterocycles. The Morgan fingerprint density at radius 2 is 2.16 bits per heavy atom. The minimum atomic E-state index is -3.33. The number of rotatable bonds is 3. The molecule has 0 spiro atoms. The van der Waals surface area contributed by atoms with E-state index < -0.39 is 15.8 Å². The van der Waals surface area contributed by atoms with Crippen LogP contribution in [0.4, 0.5) is 5.69 Å². The monoisotopic (exact) mass is 283 g/mol. The Morgan fingerprint density at radius 3 is 2.79 bits per heavy atom. The molecular formula is C13H17NO4S. The Morgan fingerprint density at radius 1 is 1.47 bits per heavy atom. The summed E-state index contributed by atoms with van der Waals surface area (Å²) in [6.07, 6.45) is 0.310. The van der Waals surface area contributed by atoms with Crippen LogP contribution in [0.5, 0.6) is 0 Å². The van der Waals surface area contributed by atoms with Gasteiger partial charge in [0.25, 0.3) is 0 Å². The van der Waals surface area contributed by atoms with Crippen molar-refractivity contribution in [2.45, 2.75) is 30.7 Å². The summed E-state index contributed by atoms with van der Waals surface area (Å²) in [7, 11) is -1.51. The van der Waals surface area contributed by atoms with E-state index in [9.17, 15) is 13.2 Å². The van der Waals surface area contributed by atoms with Gasteiger partial charge in [0.1, 0.15) is 0 Å².